The second kappa shape index (κ2) is 6.93. The Morgan fingerprint density at radius 3 is 2.87 bits per heavy atom. The Morgan fingerprint density at radius 1 is 1.43 bits per heavy atom. The minimum Gasteiger partial charge on any atom is -0.325 e. The van der Waals surface area contributed by atoms with Crippen LogP contribution in [0.1, 0.15) is 44.5 Å². The van der Waals surface area contributed by atoms with Crippen LogP contribution in [0, 0.1) is 0 Å². The Hall–Kier alpha value is -1.53. The summed E-state index contributed by atoms with van der Waals surface area (Å²) in [6, 6.07) is 7.42. The van der Waals surface area contributed by atoms with Crippen LogP contribution < -0.4 is 5.32 Å². The Kier molecular flexibility index (Phi) is 4.92. The van der Waals surface area contributed by atoms with Crippen molar-refractivity contribution >= 4 is 35.0 Å². The van der Waals surface area contributed by atoms with Gasteiger partial charge in [0.25, 0.3) is 0 Å². The van der Waals surface area contributed by atoms with Crippen LogP contribution in [0.25, 0.3) is 0 Å². The number of halogens is 1. The van der Waals surface area contributed by atoms with Crippen molar-refractivity contribution in [1.82, 2.24) is 14.8 Å². The van der Waals surface area contributed by atoms with Crippen molar-refractivity contribution in [2.75, 3.05) is 11.1 Å². The van der Waals surface area contributed by atoms with Gasteiger partial charge < -0.3 is 9.88 Å². The first-order valence-electron chi connectivity index (χ1n) is 7.67. The fourth-order valence-electron chi connectivity index (χ4n) is 2.39. The lowest BCUT2D eigenvalue weighted by Crippen LogP contribution is -2.15. The molecule has 122 valence electrons. The van der Waals surface area contributed by atoms with Gasteiger partial charge in [-0.2, -0.15) is 0 Å². The van der Waals surface area contributed by atoms with Crippen molar-refractivity contribution in [3.63, 3.8) is 0 Å². The van der Waals surface area contributed by atoms with Gasteiger partial charge in [-0.3, -0.25) is 4.79 Å². The predicted octanol–water partition coefficient (Wildman–Crippen LogP) is 4.12. The molecule has 0 atom stereocenters. The summed E-state index contributed by atoms with van der Waals surface area (Å²) in [6.45, 7) is 4.23. The molecule has 1 aliphatic rings. The number of benzene rings is 1. The van der Waals surface area contributed by atoms with Crippen molar-refractivity contribution in [2.45, 2.75) is 43.8 Å². The van der Waals surface area contributed by atoms with E-state index in [2.05, 4.69) is 33.9 Å². The maximum Gasteiger partial charge on any atom is 0.234 e. The van der Waals surface area contributed by atoms with Gasteiger partial charge in [0.05, 0.1) is 5.75 Å². The highest BCUT2D eigenvalue weighted by molar-refractivity contribution is 7.99. The summed E-state index contributed by atoms with van der Waals surface area (Å²) in [5.74, 6) is 1.81. The number of hydrogen-bond acceptors (Lipinski definition) is 4. The summed E-state index contributed by atoms with van der Waals surface area (Å²) in [7, 11) is 0. The van der Waals surface area contributed by atoms with E-state index in [1.807, 2.05) is 12.1 Å². The maximum absolute atomic E-state index is 12.1. The van der Waals surface area contributed by atoms with Crippen molar-refractivity contribution in [2.24, 2.45) is 0 Å². The molecule has 1 aromatic heterocycles. The number of hydrogen-bond donors (Lipinski definition) is 1. The average Bonchev–Trinajstić information content (AvgIpc) is 3.24. The minimum atomic E-state index is -0.0801. The highest BCUT2D eigenvalue weighted by Gasteiger charge is 2.31. The first-order chi connectivity index (χ1) is 11.0. The first-order valence-corrected chi connectivity index (χ1v) is 9.04. The topological polar surface area (TPSA) is 59.8 Å². The van der Waals surface area contributed by atoms with Crippen LogP contribution in [0.15, 0.2) is 29.4 Å². The van der Waals surface area contributed by atoms with Crippen molar-refractivity contribution < 1.29 is 4.79 Å². The van der Waals surface area contributed by atoms with E-state index in [1.54, 1.807) is 12.1 Å². The summed E-state index contributed by atoms with van der Waals surface area (Å²) in [4.78, 5) is 12.1. The lowest BCUT2D eigenvalue weighted by Gasteiger charge is -2.13. The molecule has 0 bridgehead atoms. The number of aromatic nitrogens is 3. The smallest absolute Gasteiger partial charge is 0.234 e. The van der Waals surface area contributed by atoms with Crippen LogP contribution in [0.5, 0.6) is 0 Å². The number of nitrogens with zero attached hydrogens (tertiary/aromatic N) is 3. The van der Waals surface area contributed by atoms with Gasteiger partial charge in [0, 0.05) is 22.7 Å². The van der Waals surface area contributed by atoms with Crippen LogP contribution in [-0.4, -0.2) is 26.4 Å². The standard InChI is InChI=1S/C16H19ClN4OS/c1-10(2)21-15(11-6-7-11)19-20-16(21)23-9-14(22)18-13-5-3-4-12(17)8-13/h3-5,8,10-11H,6-7,9H2,1-2H3,(H,18,22). The number of thioether (sulfide) groups is 1. The lowest BCUT2D eigenvalue weighted by atomic mass is 10.3. The van der Waals surface area contributed by atoms with Crippen LogP contribution >= 0.6 is 23.4 Å². The number of carbonyl (C=O) groups is 1. The summed E-state index contributed by atoms with van der Waals surface area (Å²) in [5, 5.41) is 12.8. The normalized spacial score (nSPS) is 14.3. The molecule has 2 aromatic rings. The summed E-state index contributed by atoms with van der Waals surface area (Å²) in [6.07, 6.45) is 2.37. The van der Waals surface area contributed by atoms with Crippen molar-refractivity contribution in [3.05, 3.63) is 35.1 Å². The zero-order chi connectivity index (χ0) is 16.4. The zero-order valence-electron chi connectivity index (χ0n) is 13.1. The van der Waals surface area contributed by atoms with Gasteiger partial charge in [-0.05, 0) is 44.9 Å². The maximum atomic E-state index is 12.1. The highest BCUT2D eigenvalue weighted by Crippen LogP contribution is 2.41. The third-order valence-electron chi connectivity index (χ3n) is 3.59. The zero-order valence-corrected chi connectivity index (χ0v) is 14.7. The van der Waals surface area contributed by atoms with Gasteiger partial charge in [-0.25, -0.2) is 0 Å². The van der Waals surface area contributed by atoms with E-state index in [-0.39, 0.29) is 5.91 Å². The molecule has 0 aliphatic heterocycles. The SMILES string of the molecule is CC(C)n1c(SCC(=O)Nc2cccc(Cl)c2)nnc1C1CC1. The summed E-state index contributed by atoms with van der Waals surface area (Å²) in [5.41, 5.74) is 0.701. The molecule has 1 fully saturated rings. The van der Waals surface area contributed by atoms with Crippen LogP contribution in [0.3, 0.4) is 0 Å². The second-order valence-electron chi connectivity index (χ2n) is 5.93. The lowest BCUT2D eigenvalue weighted by molar-refractivity contribution is -0.113. The van der Waals surface area contributed by atoms with Crippen molar-refractivity contribution in [3.8, 4) is 0 Å². The quantitative estimate of drug-likeness (QED) is 0.796. The molecule has 7 heteroatoms. The number of anilines is 1. The molecule has 3 rings (SSSR count). The monoisotopic (exact) mass is 350 g/mol. The molecule has 5 nitrogen and oxygen atoms in total. The van der Waals surface area contributed by atoms with E-state index in [1.165, 1.54) is 24.6 Å². The van der Waals surface area contributed by atoms with E-state index in [0.717, 1.165) is 11.0 Å². The van der Waals surface area contributed by atoms with Gasteiger partial charge >= 0.3 is 0 Å². The largest absolute Gasteiger partial charge is 0.325 e. The van der Waals surface area contributed by atoms with Gasteiger partial charge in [0.15, 0.2) is 5.16 Å². The Balaban J connectivity index is 1.63. The third-order valence-corrected chi connectivity index (χ3v) is 4.77. The fraction of sp³-hybridized carbons (Fsp3) is 0.438. The molecule has 1 heterocycles. The number of nitrogens with one attached hydrogen (secondary N) is 1. The van der Waals surface area contributed by atoms with E-state index in [9.17, 15) is 4.79 Å². The van der Waals surface area contributed by atoms with Crippen molar-refractivity contribution in [1.29, 1.82) is 0 Å². The molecule has 0 radical (unpaired) electrons. The minimum absolute atomic E-state index is 0.0801. The van der Waals surface area contributed by atoms with E-state index in [0.29, 0.717) is 28.4 Å². The summed E-state index contributed by atoms with van der Waals surface area (Å²) >= 11 is 7.33. The van der Waals surface area contributed by atoms with Gasteiger partial charge in [0.2, 0.25) is 5.91 Å². The van der Waals surface area contributed by atoms with E-state index in [4.69, 9.17) is 11.6 Å². The van der Waals surface area contributed by atoms with Crippen LogP contribution in [0.4, 0.5) is 5.69 Å². The molecule has 0 spiro atoms. The number of amides is 1. The second-order valence-corrected chi connectivity index (χ2v) is 7.30. The predicted molar refractivity (Wildman–Crippen MR) is 93.2 cm³/mol. The fourth-order valence-corrected chi connectivity index (χ4v) is 3.45. The molecule has 1 aliphatic carbocycles. The summed E-state index contributed by atoms with van der Waals surface area (Å²) < 4.78 is 2.15. The van der Waals surface area contributed by atoms with Crippen LogP contribution in [-0.2, 0) is 4.79 Å². The highest BCUT2D eigenvalue weighted by atomic mass is 35.5. The first kappa shape index (κ1) is 16.3. The van der Waals surface area contributed by atoms with Gasteiger partial charge in [0.1, 0.15) is 5.82 Å². The molecular weight excluding hydrogens is 332 g/mol. The molecule has 1 saturated carbocycles. The number of carbonyl (C=O) groups excluding carboxylic acids is 1. The van der Waals surface area contributed by atoms with Gasteiger partial charge in [-0.1, -0.05) is 29.4 Å². The molecule has 1 amide bonds. The molecule has 0 saturated heterocycles. The Bertz CT molecular complexity index is 712. The molecule has 1 N–H and O–H groups in total. The molecular formula is C16H19ClN4OS. The number of rotatable bonds is 6. The van der Waals surface area contributed by atoms with Gasteiger partial charge in [-0.15, -0.1) is 10.2 Å². The Labute approximate surface area is 144 Å². The Morgan fingerprint density at radius 2 is 2.22 bits per heavy atom. The molecule has 23 heavy (non-hydrogen) atoms. The molecule has 1 aromatic carbocycles. The third kappa shape index (κ3) is 4.06. The molecule has 0 unspecified atom stereocenters. The van der Waals surface area contributed by atoms with Crippen LogP contribution in [0.2, 0.25) is 5.02 Å². The van der Waals surface area contributed by atoms with E-state index < -0.39 is 0 Å². The van der Waals surface area contributed by atoms with E-state index >= 15 is 0 Å². The average molecular weight is 351 g/mol.